The van der Waals surface area contributed by atoms with Crippen molar-refractivity contribution >= 4 is 23.2 Å². The van der Waals surface area contributed by atoms with E-state index in [9.17, 15) is 0 Å². The third kappa shape index (κ3) is 1.55. The second-order valence-electron chi connectivity index (χ2n) is 3.36. The Morgan fingerprint density at radius 1 is 0.800 bits per heavy atom. The molecule has 0 spiro atoms. The van der Waals surface area contributed by atoms with E-state index < -0.39 is 0 Å². The van der Waals surface area contributed by atoms with Gasteiger partial charge in [-0.3, -0.25) is 4.98 Å². The Labute approximate surface area is 94.5 Å². The molecule has 2 aliphatic rings. The van der Waals surface area contributed by atoms with Gasteiger partial charge in [0.25, 0.3) is 0 Å². The number of nitrogens with zero attached hydrogens (tertiary/aromatic N) is 1. The average molecular weight is 216 g/mol. The zero-order chi connectivity index (χ0) is 9.38. The van der Waals surface area contributed by atoms with Crippen LogP contribution in [0.25, 0.3) is 22.0 Å². The van der Waals surface area contributed by atoms with Gasteiger partial charge >= 0.3 is 0 Å². The van der Waals surface area contributed by atoms with E-state index in [4.69, 9.17) is 0 Å². The van der Waals surface area contributed by atoms with Gasteiger partial charge in [0.1, 0.15) is 0 Å². The topological polar surface area (TPSA) is 12.9 Å². The smallest absolute Gasteiger partial charge is 0.0780 e. The summed E-state index contributed by atoms with van der Waals surface area (Å²) < 4.78 is 0. The summed E-state index contributed by atoms with van der Waals surface area (Å²) in [6.07, 6.45) is 1.86. The minimum absolute atomic E-state index is 0. The molecule has 1 nitrogen and oxygen atoms in total. The zero-order valence-corrected chi connectivity index (χ0v) is 8.87. The third-order valence-corrected chi connectivity index (χ3v) is 2.50. The Morgan fingerprint density at radius 2 is 1.60 bits per heavy atom. The fourth-order valence-corrected chi connectivity index (χ4v) is 1.82. The molecule has 0 bridgehead atoms. The second-order valence-corrected chi connectivity index (χ2v) is 3.36. The van der Waals surface area contributed by atoms with Crippen LogP contribution < -0.4 is 0 Å². The van der Waals surface area contributed by atoms with Crippen molar-refractivity contribution in [3.05, 3.63) is 54.7 Å². The highest BCUT2D eigenvalue weighted by molar-refractivity contribution is 5.94. The molecule has 1 aromatic carbocycles. The number of aromatic nitrogens is 1. The van der Waals surface area contributed by atoms with Crippen molar-refractivity contribution in [3.63, 3.8) is 0 Å². The molecule has 2 heteroatoms. The van der Waals surface area contributed by atoms with Crippen molar-refractivity contribution in [2.24, 2.45) is 0 Å². The molecule has 0 aromatic heterocycles. The van der Waals surface area contributed by atoms with E-state index in [1.165, 1.54) is 16.3 Å². The summed E-state index contributed by atoms with van der Waals surface area (Å²) in [5.41, 5.74) is 2.29. The van der Waals surface area contributed by atoms with Gasteiger partial charge in [0.2, 0.25) is 0 Å². The summed E-state index contributed by atoms with van der Waals surface area (Å²) in [5, 5.41) is 2.46. The maximum atomic E-state index is 4.39. The summed E-state index contributed by atoms with van der Waals surface area (Å²) in [7, 11) is 0. The van der Waals surface area contributed by atoms with E-state index in [1.54, 1.807) is 0 Å². The molecule has 0 amide bonds. The molecule has 0 N–H and O–H groups in total. The Bertz CT molecular complexity index is 562. The van der Waals surface area contributed by atoms with Gasteiger partial charge in [-0.25, -0.2) is 0 Å². The maximum absolute atomic E-state index is 4.39. The Kier molecular flexibility index (Phi) is 2.57. The standard InChI is InChI=1S/C13H9N.ClH/c1-2-7-12-10(4-1)5-3-6-11-8-9-14-13(11)12;/h1-9H;1H. The van der Waals surface area contributed by atoms with Crippen LogP contribution in [-0.4, -0.2) is 4.98 Å². The Balaban J connectivity index is 0.000000853. The van der Waals surface area contributed by atoms with Crippen LogP contribution in [0.4, 0.5) is 0 Å². The van der Waals surface area contributed by atoms with E-state index in [1.807, 2.05) is 12.3 Å². The number of hydrogen-bond donors (Lipinski definition) is 0. The molecule has 1 heterocycles. The summed E-state index contributed by atoms with van der Waals surface area (Å²) >= 11 is 0. The fraction of sp³-hybridized carbons (Fsp3) is 0. The molecule has 1 aromatic rings. The number of rotatable bonds is 0. The third-order valence-electron chi connectivity index (χ3n) is 2.50. The van der Waals surface area contributed by atoms with Gasteiger partial charge in [-0.05, 0) is 11.5 Å². The quantitative estimate of drug-likeness (QED) is 0.557. The summed E-state index contributed by atoms with van der Waals surface area (Å²) in [6, 6.07) is 16.7. The van der Waals surface area contributed by atoms with Gasteiger partial charge in [-0.1, -0.05) is 42.5 Å². The summed E-state index contributed by atoms with van der Waals surface area (Å²) in [4.78, 5) is 4.39. The highest BCUT2D eigenvalue weighted by atomic mass is 35.5. The first-order valence-corrected chi connectivity index (χ1v) is 4.68. The normalized spacial score (nSPS) is 10.1. The molecule has 15 heavy (non-hydrogen) atoms. The van der Waals surface area contributed by atoms with Gasteiger partial charge in [-0.2, -0.15) is 0 Å². The minimum Gasteiger partial charge on any atom is -0.256 e. The molecule has 1 aliphatic carbocycles. The summed E-state index contributed by atoms with van der Waals surface area (Å²) in [6.45, 7) is 0. The first-order chi connectivity index (χ1) is 6.95. The van der Waals surface area contributed by atoms with Gasteiger partial charge in [-0.15, -0.1) is 12.4 Å². The highest BCUT2D eigenvalue weighted by Crippen LogP contribution is 2.27. The summed E-state index contributed by atoms with van der Waals surface area (Å²) in [5.74, 6) is 0. The lowest BCUT2D eigenvalue weighted by molar-refractivity contribution is 1.43. The lowest BCUT2D eigenvalue weighted by Gasteiger charge is -1.95. The molecular weight excluding hydrogens is 206 g/mol. The predicted octanol–water partition coefficient (Wildman–Crippen LogP) is 3.76. The number of halogens is 1. The van der Waals surface area contributed by atoms with Crippen LogP contribution in [0.3, 0.4) is 0 Å². The van der Waals surface area contributed by atoms with Crippen molar-refractivity contribution in [3.8, 4) is 11.3 Å². The lowest BCUT2D eigenvalue weighted by Crippen LogP contribution is -1.73. The van der Waals surface area contributed by atoms with Gasteiger partial charge in [0, 0.05) is 17.1 Å². The largest absolute Gasteiger partial charge is 0.256 e. The van der Waals surface area contributed by atoms with E-state index in [0.29, 0.717) is 0 Å². The van der Waals surface area contributed by atoms with Crippen molar-refractivity contribution in [2.45, 2.75) is 0 Å². The van der Waals surface area contributed by atoms with Crippen molar-refractivity contribution in [1.29, 1.82) is 0 Å². The van der Waals surface area contributed by atoms with E-state index in [2.05, 4.69) is 47.4 Å². The molecule has 1 aliphatic heterocycles. The van der Waals surface area contributed by atoms with Gasteiger partial charge in [0.15, 0.2) is 0 Å². The SMILES string of the molecule is Cl.c1ccc2c3nccc-3cccc2c1. The van der Waals surface area contributed by atoms with Gasteiger partial charge in [0.05, 0.1) is 5.69 Å². The molecule has 0 unspecified atom stereocenters. The second kappa shape index (κ2) is 3.87. The molecule has 0 atom stereocenters. The van der Waals surface area contributed by atoms with E-state index >= 15 is 0 Å². The van der Waals surface area contributed by atoms with Crippen LogP contribution in [-0.2, 0) is 0 Å². The number of fused-ring (bicyclic) bond motifs is 3. The average Bonchev–Trinajstić information content (AvgIpc) is 2.61. The Morgan fingerprint density at radius 3 is 2.53 bits per heavy atom. The molecular formula is C13H10ClN. The van der Waals surface area contributed by atoms with Crippen LogP contribution in [0.15, 0.2) is 54.7 Å². The Hall–Kier alpha value is -1.60. The van der Waals surface area contributed by atoms with Crippen molar-refractivity contribution in [1.82, 2.24) is 4.98 Å². The molecule has 0 saturated carbocycles. The first-order valence-electron chi connectivity index (χ1n) is 4.68. The van der Waals surface area contributed by atoms with Crippen LogP contribution >= 0.6 is 12.4 Å². The molecule has 74 valence electrons. The minimum atomic E-state index is 0. The van der Waals surface area contributed by atoms with Crippen molar-refractivity contribution in [2.75, 3.05) is 0 Å². The molecule has 0 radical (unpaired) electrons. The first kappa shape index (κ1) is 9.94. The molecule has 0 saturated heterocycles. The van der Waals surface area contributed by atoms with E-state index in [0.717, 1.165) is 5.69 Å². The number of benzene rings is 1. The molecule has 3 rings (SSSR count). The van der Waals surface area contributed by atoms with Crippen LogP contribution in [0.5, 0.6) is 0 Å². The maximum Gasteiger partial charge on any atom is 0.0780 e. The monoisotopic (exact) mass is 215 g/mol. The molecule has 0 fully saturated rings. The van der Waals surface area contributed by atoms with Crippen LogP contribution in [0, 0.1) is 0 Å². The predicted molar refractivity (Wildman–Crippen MR) is 65.6 cm³/mol. The van der Waals surface area contributed by atoms with Gasteiger partial charge < -0.3 is 0 Å². The zero-order valence-electron chi connectivity index (χ0n) is 8.05. The fourth-order valence-electron chi connectivity index (χ4n) is 1.82. The van der Waals surface area contributed by atoms with Crippen LogP contribution in [0.1, 0.15) is 0 Å². The highest BCUT2D eigenvalue weighted by Gasteiger charge is 2.04. The lowest BCUT2D eigenvalue weighted by atomic mass is 10.1. The van der Waals surface area contributed by atoms with Crippen molar-refractivity contribution < 1.29 is 0 Å². The van der Waals surface area contributed by atoms with E-state index in [-0.39, 0.29) is 12.4 Å². The number of hydrogen-bond acceptors (Lipinski definition) is 1. The van der Waals surface area contributed by atoms with Crippen LogP contribution in [0.2, 0.25) is 0 Å².